The predicted molar refractivity (Wildman–Crippen MR) is 95.8 cm³/mol. The number of benzene rings is 1. The number of imide groups is 1. The maximum Gasteiger partial charge on any atom is 0.328 e. The Hall–Kier alpha value is -2.90. The van der Waals surface area contributed by atoms with Crippen LogP contribution in [-0.4, -0.2) is 71.7 Å². The van der Waals surface area contributed by atoms with Crippen LogP contribution >= 0.6 is 0 Å². The third-order valence-corrected chi connectivity index (χ3v) is 5.28. The molecule has 136 valence electrons. The first-order valence-electron chi connectivity index (χ1n) is 8.71. The number of carbonyl (C=O) groups is 3. The van der Waals surface area contributed by atoms with Crippen LogP contribution in [0.5, 0.6) is 0 Å². The molecule has 1 aromatic carbocycles. The van der Waals surface area contributed by atoms with Crippen molar-refractivity contribution >= 4 is 29.9 Å². The predicted octanol–water partition coefficient (Wildman–Crippen LogP) is 0.676. The highest BCUT2D eigenvalue weighted by atomic mass is 16.2. The third-order valence-electron chi connectivity index (χ3n) is 5.28. The Bertz CT molecular complexity index is 821. The first-order valence-corrected chi connectivity index (χ1v) is 8.71. The Labute approximate surface area is 151 Å². The van der Waals surface area contributed by atoms with E-state index in [1.807, 2.05) is 12.1 Å². The van der Waals surface area contributed by atoms with Gasteiger partial charge in [0.25, 0.3) is 5.91 Å². The molecule has 1 aliphatic carbocycles. The van der Waals surface area contributed by atoms with Crippen LogP contribution in [0.4, 0.5) is 10.5 Å². The lowest BCUT2D eigenvalue weighted by molar-refractivity contribution is -0.136. The fourth-order valence-corrected chi connectivity index (χ4v) is 3.86. The number of likely N-dealkylation sites (N-methyl/N-ethyl adjacent to an activating group) is 2. The Morgan fingerprint density at radius 3 is 2.81 bits per heavy atom. The van der Waals surface area contributed by atoms with E-state index < -0.39 is 18.2 Å². The van der Waals surface area contributed by atoms with Crippen LogP contribution in [0.25, 0.3) is 0 Å². The molecule has 2 aliphatic heterocycles. The fourth-order valence-electron chi connectivity index (χ4n) is 3.86. The number of nitrogens with zero attached hydrogens (tertiary/aromatic N) is 4. The monoisotopic (exact) mass is 355 g/mol. The van der Waals surface area contributed by atoms with Crippen LogP contribution in [0.1, 0.15) is 17.5 Å². The highest BCUT2D eigenvalue weighted by Crippen LogP contribution is 2.26. The Kier molecular flexibility index (Phi) is 3.90. The average molecular weight is 355 g/mol. The smallest absolute Gasteiger partial charge is 0.328 e. The van der Waals surface area contributed by atoms with Gasteiger partial charge in [-0.1, -0.05) is 6.07 Å². The highest BCUT2D eigenvalue weighted by Gasteiger charge is 2.48. The number of aliphatic imine (C=N–C) groups is 1. The van der Waals surface area contributed by atoms with E-state index in [-0.39, 0.29) is 18.4 Å². The molecule has 4 rings (SSSR count). The van der Waals surface area contributed by atoms with E-state index in [1.54, 1.807) is 11.9 Å². The molecule has 2 unspecified atom stereocenters. The molecule has 1 N–H and O–H groups in total. The van der Waals surface area contributed by atoms with Gasteiger partial charge in [0.15, 0.2) is 12.2 Å². The molecule has 0 radical (unpaired) electrons. The van der Waals surface area contributed by atoms with Gasteiger partial charge in [0.1, 0.15) is 0 Å². The van der Waals surface area contributed by atoms with Crippen molar-refractivity contribution in [3.8, 4) is 0 Å². The molecular weight excluding hydrogens is 334 g/mol. The van der Waals surface area contributed by atoms with Gasteiger partial charge >= 0.3 is 6.03 Å². The van der Waals surface area contributed by atoms with Crippen LogP contribution in [0.2, 0.25) is 0 Å². The van der Waals surface area contributed by atoms with Gasteiger partial charge in [-0.25, -0.2) is 9.79 Å². The second kappa shape index (κ2) is 6.12. The van der Waals surface area contributed by atoms with Crippen molar-refractivity contribution in [2.75, 3.05) is 26.0 Å². The fraction of sp³-hybridized carbons (Fsp3) is 0.444. The number of nitrogens with one attached hydrogen (secondary N) is 1. The van der Waals surface area contributed by atoms with Crippen LogP contribution in [0.3, 0.4) is 0 Å². The second-order valence-electron chi connectivity index (χ2n) is 6.97. The van der Waals surface area contributed by atoms with Crippen molar-refractivity contribution in [2.24, 2.45) is 4.99 Å². The molecule has 0 aromatic heterocycles. The summed E-state index contributed by atoms with van der Waals surface area (Å²) in [4.78, 5) is 45.2. The van der Waals surface area contributed by atoms with Crippen molar-refractivity contribution in [1.82, 2.24) is 14.7 Å². The summed E-state index contributed by atoms with van der Waals surface area (Å²) in [5.74, 6) is -0.564. The molecule has 1 saturated heterocycles. The first kappa shape index (κ1) is 16.6. The molecule has 3 aliphatic rings. The van der Waals surface area contributed by atoms with Crippen LogP contribution in [-0.2, 0) is 22.4 Å². The minimum Gasteiger partial charge on any atom is -0.338 e. The Morgan fingerprint density at radius 1 is 1.23 bits per heavy atom. The van der Waals surface area contributed by atoms with E-state index in [0.717, 1.165) is 29.8 Å². The van der Waals surface area contributed by atoms with Gasteiger partial charge in [0.2, 0.25) is 5.91 Å². The number of hydrogen-bond acceptors (Lipinski definition) is 5. The molecule has 1 fully saturated rings. The number of hydrogen-bond donors (Lipinski definition) is 1. The summed E-state index contributed by atoms with van der Waals surface area (Å²) in [7, 11) is 3.05. The molecule has 0 bridgehead atoms. The maximum atomic E-state index is 12.5. The molecule has 8 nitrogen and oxygen atoms in total. The van der Waals surface area contributed by atoms with Gasteiger partial charge in [0, 0.05) is 19.8 Å². The standard InChI is InChI=1S/C18H21N5O3/c1-21-16-15(17(25)22(2)18(21)26)23(10-19-16)9-14(24)20-13-7-6-11-4-3-5-12(11)8-13/h6-8,10,15-16H,3-5,9H2,1-2H3,(H,20,24). The number of anilines is 1. The molecule has 8 heteroatoms. The van der Waals surface area contributed by atoms with E-state index in [9.17, 15) is 14.4 Å². The normalized spacial score (nSPS) is 24.2. The van der Waals surface area contributed by atoms with E-state index in [2.05, 4.69) is 16.4 Å². The summed E-state index contributed by atoms with van der Waals surface area (Å²) < 4.78 is 0. The summed E-state index contributed by atoms with van der Waals surface area (Å²) >= 11 is 0. The molecule has 2 atom stereocenters. The Balaban J connectivity index is 1.44. The second-order valence-corrected chi connectivity index (χ2v) is 6.97. The zero-order valence-electron chi connectivity index (χ0n) is 14.8. The van der Waals surface area contributed by atoms with Crippen LogP contribution in [0.15, 0.2) is 23.2 Å². The molecular formula is C18H21N5O3. The molecule has 26 heavy (non-hydrogen) atoms. The number of aryl methyl sites for hydroxylation is 2. The molecule has 0 spiro atoms. The first-order chi connectivity index (χ1) is 12.5. The molecule has 0 saturated carbocycles. The number of carbonyl (C=O) groups excluding carboxylic acids is 3. The van der Waals surface area contributed by atoms with Crippen molar-refractivity contribution in [3.05, 3.63) is 29.3 Å². The summed E-state index contributed by atoms with van der Waals surface area (Å²) in [5.41, 5.74) is 3.40. The van der Waals surface area contributed by atoms with Gasteiger partial charge in [-0.05, 0) is 42.5 Å². The van der Waals surface area contributed by atoms with Gasteiger partial charge in [-0.3, -0.25) is 14.5 Å². The lowest BCUT2D eigenvalue weighted by Gasteiger charge is -2.39. The minimum absolute atomic E-state index is 0.00334. The largest absolute Gasteiger partial charge is 0.338 e. The van der Waals surface area contributed by atoms with E-state index in [4.69, 9.17) is 0 Å². The van der Waals surface area contributed by atoms with Crippen molar-refractivity contribution in [2.45, 2.75) is 31.5 Å². The minimum atomic E-state index is -0.659. The molecule has 2 heterocycles. The summed E-state index contributed by atoms with van der Waals surface area (Å²) in [6.45, 7) is 0.00334. The molecule has 4 amide bonds. The topological polar surface area (TPSA) is 85.3 Å². The number of rotatable bonds is 3. The number of amides is 4. The summed E-state index contributed by atoms with van der Waals surface area (Å²) in [6.07, 6.45) is 4.20. The third kappa shape index (κ3) is 2.61. The van der Waals surface area contributed by atoms with Gasteiger partial charge in [-0.15, -0.1) is 0 Å². The van der Waals surface area contributed by atoms with Crippen LogP contribution < -0.4 is 5.32 Å². The average Bonchev–Trinajstić information content (AvgIpc) is 3.24. The van der Waals surface area contributed by atoms with E-state index in [1.165, 1.54) is 29.4 Å². The van der Waals surface area contributed by atoms with Gasteiger partial charge in [0.05, 0.1) is 12.9 Å². The quantitative estimate of drug-likeness (QED) is 0.864. The Morgan fingerprint density at radius 2 is 2.00 bits per heavy atom. The number of fused-ring (bicyclic) bond motifs is 2. The zero-order valence-corrected chi connectivity index (χ0v) is 14.8. The van der Waals surface area contributed by atoms with Crippen molar-refractivity contribution < 1.29 is 14.4 Å². The van der Waals surface area contributed by atoms with E-state index in [0.29, 0.717) is 0 Å². The zero-order chi connectivity index (χ0) is 18.4. The highest BCUT2D eigenvalue weighted by molar-refractivity contribution is 6.02. The van der Waals surface area contributed by atoms with E-state index >= 15 is 0 Å². The van der Waals surface area contributed by atoms with Gasteiger partial charge < -0.3 is 15.1 Å². The van der Waals surface area contributed by atoms with Gasteiger partial charge in [-0.2, -0.15) is 0 Å². The van der Waals surface area contributed by atoms with Crippen molar-refractivity contribution in [1.29, 1.82) is 0 Å². The van der Waals surface area contributed by atoms with Crippen LogP contribution in [0, 0.1) is 0 Å². The summed E-state index contributed by atoms with van der Waals surface area (Å²) in [6, 6.07) is 4.94. The lowest BCUT2D eigenvalue weighted by atomic mass is 10.1. The lowest BCUT2D eigenvalue weighted by Crippen LogP contribution is -2.64. The summed E-state index contributed by atoms with van der Waals surface area (Å²) in [5, 5.41) is 2.89. The SMILES string of the molecule is CN1C(=O)C2C(N=CN2CC(=O)Nc2ccc3c(c2)CCC3)N(C)C1=O. The number of urea groups is 1. The molecule has 1 aromatic rings. The maximum absolute atomic E-state index is 12.5. The van der Waals surface area contributed by atoms with Crippen molar-refractivity contribution in [3.63, 3.8) is 0 Å².